The van der Waals surface area contributed by atoms with Crippen LogP contribution in [0.3, 0.4) is 0 Å². The summed E-state index contributed by atoms with van der Waals surface area (Å²) in [6.07, 6.45) is 1.62. The van der Waals surface area contributed by atoms with Crippen LogP contribution < -0.4 is 10.5 Å². The van der Waals surface area contributed by atoms with E-state index in [0.29, 0.717) is 0 Å². The molecule has 1 aliphatic rings. The monoisotopic (exact) mass is 318 g/mol. The Morgan fingerprint density at radius 1 is 1.18 bits per heavy atom. The Bertz CT molecular complexity index is 690. The number of aromatic amines is 1. The highest BCUT2D eigenvalue weighted by Crippen LogP contribution is 2.22. The molecule has 1 fully saturated rings. The summed E-state index contributed by atoms with van der Waals surface area (Å²) in [5.41, 5.74) is 3.00. The zero-order chi connectivity index (χ0) is 15.5. The molecule has 3 rings (SSSR count). The second-order valence-corrected chi connectivity index (χ2v) is 6.03. The van der Waals surface area contributed by atoms with Crippen molar-refractivity contribution < 1.29 is 0 Å². The van der Waals surface area contributed by atoms with Gasteiger partial charge >= 0.3 is 0 Å². The number of hydrogen-bond acceptors (Lipinski definition) is 4. The summed E-state index contributed by atoms with van der Waals surface area (Å²) in [6.45, 7) is 6.62. The maximum Gasteiger partial charge on any atom is 0.285 e. The fourth-order valence-corrected chi connectivity index (χ4v) is 2.90. The standard InChI is InChI=1S/C16H19ClN4O/c1-12-2-4-13(5-3-12)11-20-6-8-21(9-7-20)14-10-18-19-16(22)15(14)17/h2-5,10H,6-9,11H2,1H3,(H,19,22). The number of rotatable bonds is 3. The molecule has 0 aliphatic carbocycles. The SMILES string of the molecule is Cc1ccc(CN2CCN(c3cn[nH]c(=O)c3Cl)CC2)cc1. The molecular weight excluding hydrogens is 300 g/mol. The van der Waals surface area contributed by atoms with Gasteiger partial charge in [0.15, 0.2) is 0 Å². The summed E-state index contributed by atoms with van der Waals surface area (Å²) in [7, 11) is 0. The molecule has 5 nitrogen and oxygen atoms in total. The van der Waals surface area contributed by atoms with Crippen molar-refractivity contribution in [3.8, 4) is 0 Å². The highest BCUT2D eigenvalue weighted by atomic mass is 35.5. The molecule has 116 valence electrons. The van der Waals surface area contributed by atoms with E-state index in [2.05, 4.69) is 51.2 Å². The normalized spacial score (nSPS) is 16.0. The van der Waals surface area contributed by atoms with Crippen molar-refractivity contribution in [1.29, 1.82) is 0 Å². The van der Waals surface area contributed by atoms with Crippen LogP contribution in [0.2, 0.25) is 5.02 Å². The van der Waals surface area contributed by atoms with Gasteiger partial charge in [0.2, 0.25) is 0 Å². The molecule has 0 saturated carbocycles. The fourth-order valence-electron chi connectivity index (χ4n) is 2.69. The van der Waals surface area contributed by atoms with Crippen molar-refractivity contribution >= 4 is 17.3 Å². The van der Waals surface area contributed by atoms with E-state index in [0.717, 1.165) is 38.4 Å². The van der Waals surface area contributed by atoms with Gasteiger partial charge in [0, 0.05) is 32.7 Å². The van der Waals surface area contributed by atoms with Gasteiger partial charge in [-0.25, -0.2) is 5.10 Å². The average molecular weight is 319 g/mol. The van der Waals surface area contributed by atoms with E-state index in [9.17, 15) is 4.79 Å². The molecule has 1 aromatic heterocycles. The number of nitrogens with zero attached hydrogens (tertiary/aromatic N) is 3. The van der Waals surface area contributed by atoms with Crippen LogP contribution in [0, 0.1) is 6.92 Å². The second kappa shape index (κ2) is 6.50. The molecule has 0 spiro atoms. The molecule has 6 heteroatoms. The molecule has 0 amide bonds. The zero-order valence-corrected chi connectivity index (χ0v) is 13.3. The number of H-pyrrole nitrogens is 1. The molecule has 2 heterocycles. The molecule has 0 bridgehead atoms. The second-order valence-electron chi connectivity index (χ2n) is 5.65. The Morgan fingerprint density at radius 2 is 1.86 bits per heavy atom. The van der Waals surface area contributed by atoms with Crippen molar-refractivity contribution in [3.63, 3.8) is 0 Å². The quantitative estimate of drug-likeness (QED) is 0.941. The first-order valence-electron chi connectivity index (χ1n) is 7.39. The summed E-state index contributed by atoms with van der Waals surface area (Å²) in [4.78, 5) is 16.1. The Balaban J connectivity index is 1.61. The Labute approximate surface area is 134 Å². The van der Waals surface area contributed by atoms with Crippen molar-refractivity contribution in [2.24, 2.45) is 0 Å². The van der Waals surface area contributed by atoms with Gasteiger partial charge < -0.3 is 4.90 Å². The Hall–Kier alpha value is -1.85. The van der Waals surface area contributed by atoms with Gasteiger partial charge in [0.1, 0.15) is 5.02 Å². The molecule has 1 aliphatic heterocycles. The molecule has 0 atom stereocenters. The van der Waals surface area contributed by atoms with Crippen LogP contribution in [0.1, 0.15) is 11.1 Å². The molecule has 2 aromatic rings. The van der Waals surface area contributed by atoms with Gasteiger partial charge in [0.25, 0.3) is 5.56 Å². The predicted molar refractivity (Wildman–Crippen MR) is 88.5 cm³/mol. The zero-order valence-electron chi connectivity index (χ0n) is 12.6. The van der Waals surface area contributed by atoms with Crippen LogP contribution >= 0.6 is 11.6 Å². The van der Waals surface area contributed by atoms with E-state index in [1.54, 1.807) is 6.20 Å². The number of anilines is 1. The summed E-state index contributed by atoms with van der Waals surface area (Å²) < 4.78 is 0. The number of nitrogens with one attached hydrogen (secondary N) is 1. The topological polar surface area (TPSA) is 52.2 Å². The Morgan fingerprint density at radius 3 is 2.55 bits per heavy atom. The van der Waals surface area contributed by atoms with Crippen molar-refractivity contribution in [2.45, 2.75) is 13.5 Å². The molecular formula is C16H19ClN4O. The van der Waals surface area contributed by atoms with Gasteiger partial charge in [-0.05, 0) is 12.5 Å². The Kier molecular flexibility index (Phi) is 4.45. The lowest BCUT2D eigenvalue weighted by Crippen LogP contribution is -2.46. The van der Waals surface area contributed by atoms with Gasteiger partial charge in [0.05, 0.1) is 11.9 Å². The maximum atomic E-state index is 11.5. The van der Waals surface area contributed by atoms with Gasteiger partial charge in [-0.2, -0.15) is 5.10 Å². The van der Waals surface area contributed by atoms with E-state index in [1.165, 1.54) is 11.1 Å². The number of halogens is 1. The van der Waals surface area contributed by atoms with Crippen LogP contribution in [0.4, 0.5) is 5.69 Å². The number of aryl methyl sites for hydroxylation is 1. The first-order chi connectivity index (χ1) is 10.6. The number of aromatic nitrogens is 2. The van der Waals surface area contributed by atoms with Crippen molar-refractivity contribution in [3.05, 3.63) is 57.0 Å². The minimum Gasteiger partial charge on any atom is -0.366 e. The lowest BCUT2D eigenvalue weighted by Gasteiger charge is -2.36. The third-order valence-electron chi connectivity index (χ3n) is 4.02. The van der Waals surface area contributed by atoms with E-state index < -0.39 is 0 Å². The summed E-state index contributed by atoms with van der Waals surface area (Å²) in [5.74, 6) is 0. The molecule has 0 unspecified atom stereocenters. The number of hydrogen-bond donors (Lipinski definition) is 1. The molecule has 0 radical (unpaired) electrons. The van der Waals surface area contributed by atoms with Crippen molar-refractivity contribution in [1.82, 2.24) is 15.1 Å². The smallest absolute Gasteiger partial charge is 0.285 e. The number of benzene rings is 1. The third kappa shape index (κ3) is 3.31. The van der Waals surface area contributed by atoms with Crippen LogP contribution in [0.25, 0.3) is 0 Å². The fraction of sp³-hybridized carbons (Fsp3) is 0.375. The van der Waals surface area contributed by atoms with E-state index in [4.69, 9.17) is 11.6 Å². The summed E-state index contributed by atoms with van der Waals surface area (Å²) >= 11 is 6.07. The molecule has 1 saturated heterocycles. The van der Waals surface area contributed by atoms with Crippen LogP contribution in [0.15, 0.2) is 35.3 Å². The summed E-state index contributed by atoms with van der Waals surface area (Å²) in [6, 6.07) is 8.65. The minimum atomic E-state index is -0.332. The highest BCUT2D eigenvalue weighted by Gasteiger charge is 2.20. The van der Waals surface area contributed by atoms with Gasteiger partial charge in [-0.15, -0.1) is 0 Å². The van der Waals surface area contributed by atoms with Gasteiger partial charge in [-0.1, -0.05) is 41.4 Å². The minimum absolute atomic E-state index is 0.224. The maximum absolute atomic E-state index is 11.5. The van der Waals surface area contributed by atoms with Gasteiger partial charge in [-0.3, -0.25) is 9.69 Å². The van der Waals surface area contributed by atoms with E-state index >= 15 is 0 Å². The van der Waals surface area contributed by atoms with E-state index in [1.807, 2.05) is 0 Å². The molecule has 1 N–H and O–H groups in total. The van der Waals surface area contributed by atoms with Crippen LogP contribution in [-0.4, -0.2) is 41.3 Å². The van der Waals surface area contributed by atoms with Crippen LogP contribution in [0.5, 0.6) is 0 Å². The molecule has 1 aromatic carbocycles. The largest absolute Gasteiger partial charge is 0.366 e. The summed E-state index contributed by atoms with van der Waals surface area (Å²) in [5, 5.41) is 6.41. The average Bonchev–Trinajstić information content (AvgIpc) is 2.53. The lowest BCUT2D eigenvalue weighted by molar-refractivity contribution is 0.250. The van der Waals surface area contributed by atoms with E-state index in [-0.39, 0.29) is 10.6 Å². The molecule has 22 heavy (non-hydrogen) atoms. The third-order valence-corrected chi connectivity index (χ3v) is 4.38. The lowest BCUT2D eigenvalue weighted by atomic mass is 10.1. The van der Waals surface area contributed by atoms with Crippen molar-refractivity contribution in [2.75, 3.05) is 31.1 Å². The number of piperazine rings is 1. The highest BCUT2D eigenvalue weighted by molar-refractivity contribution is 6.32. The first-order valence-corrected chi connectivity index (χ1v) is 7.77. The van der Waals surface area contributed by atoms with Crippen LogP contribution in [-0.2, 0) is 6.54 Å². The predicted octanol–water partition coefficient (Wildman–Crippen LogP) is 2.05. The first kappa shape index (κ1) is 15.1.